The Morgan fingerprint density at radius 1 is 1.30 bits per heavy atom. The van der Waals surface area contributed by atoms with Gasteiger partial charge in [0.1, 0.15) is 0 Å². The number of hydrogen-bond acceptors (Lipinski definition) is 4. The topological polar surface area (TPSA) is 87.3 Å². The van der Waals surface area contributed by atoms with Crippen molar-refractivity contribution in [2.45, 2.75) is 37.6 Å². The lowest BCUT2D eigenvalue weighted by molar-refractivity contribution is -0.115. The van der Waals surface area contributed by atoms with Crippen LogP contribution in [0.2, 0.25) is 0 Å². The third-order valence-corrected chi connectivity index (χ3v) is 5.41. The zero-order valence-corrected chi connectivity index (χ0v) is 15.0. The molecule has 0 bridgehead atoms. The number of anilines is 1. The summed E-state index contributed by atoms with van der Waals surface area (Å²) in [5, 5.41) is 5.90. The molecule has 0 aliphatic carbocycles. The zero-order valence-electron chi connectivity index (χ0n) is 13.3. The maximum atomic E-state index is 12.4. The van der Waals surface area contributed by atoms with Crippen LogP contribution in [0.15, 0.2) is 29.2 Å². The van der Waals surface area contributed by atoms with Gasteiger partial charge in [0.25, 0.3) is 0 Å². The van der Waals surface area contributed by atoms with Gasteiger partial charge in [-0.15, -0.1) is 12.4 Å². The van der Waals surface area contributed by atoms with Gasteiger partial charge in [0.15, 0.2) is 0 Å². The molecule has 1 fully saturated rings. The highest BCUT2D eigenvalue weighted by molar-refractivity contribution is 7.89. The fourth-order valence-corrected chi connectivity index (χ4v) is 3.73. The summed E-state index contributed by atoms with van der Waals surface area (Å²) >= 11 is 0. The first-order valence-electron chi connectivity index (χ1n) is 7.55. The van der Waals surface area contributed by atoms with Crippen molar-refractivity contribution in [3.63, 3.8) is 0 Å². The smallest absolute Gasteiger partial charge is 0.240 e. The zero-order chi connectivity index (χ0) is 16.2. The third kappa shape index (κ3) is 5.46. The molecule has 6 nitrogen and oxygen atoms in total. The molecular weight excluding hydrogens is 338 g/mol. The van der Waals surface area contributed by atoms with Crippen molar-refractivity contribution in [2.24, 2.45) is 5.92 Å². The second-order valence-corrected chi connectivity index (χ2v) is 7.34. The lowest BCUT2D eigenvalue weighted by Crippen LogP contribution is -2.50. The van der Waals surface area contributed by atoms with Crippen LogP contribution < -0.4 is 15.4 Å². The molecule has 130 valence electrons. The Morgan fingerprint density at radius 3 is 2.52 bits per heavy atom. The Balaban J connectivity index is 0.00000264. The minimum absolute atomic E-state index is 0. The van der Waals surface area contributed by atoms with E-state index in [2.05, 4.69) is 22.3 Å². The minimum Gasteiger partial charge on any atom is -0.326 e. The lowest BCUT2D eigenvalue weighted by Gasteiger charge is -2.29. The Bertz CT molecular complexity index is 619. The number of nitrogens with one attached hydrogen (secondary N) is 3. The number of carbonyl (C=O) groups excluding carboxylic acids is 1. The summed E-state index contributed by atoms with van der Waals surface area (Å²) in [5.74, 6) is 0.204. The third-order valence-electron chi connectivity index (χ3n) is 3.90. The molecule has 1 amide bonds. The Labute approximate surface area is 143 Å². The Hall–Kier alpha value is -1.15. The molecule has 2 unspecified atom stereocenters. The van der Waals surface area contributed by atoms with E-state index in [0.717, 1.165) is 13.0 Å². The van der Waals surface area contributed by atoms with Crippen molar-refractivity contribution >= 4 is 34.0 Å². The molecule has 0 radical (unpaired) electrons. The van der Waals surface area contributed by atoms with Crippen LogP contribution in [0.3, 0.4) is 0 Å². The summed E-state index contributed by atoms with van der Waals surface area (Å²) in [6.45, 7) is 5.38. The molecule has 3 N–H and O–H groups in total. The first kappa shape index (κ1) is 19.9. The van der Waals surface area contributed by atoms with Crippen LogP contribution in [0.25, 0.3) is 0 Å². The van der Waals surface area contributed by atoms with Gasteiger partial charge in [0, 0.05) is 24.7 Å². The van der Waals surface area contributed by atoms with Crippen LogP contribution in [0.1, 0.15) is 26.7 Å². The molecule has 0 saturated carbocycles. The summed E-state index contributed by atoms with van der Waals surface area (Å²) in [4.78, 5) is 11.5. The van der Waals surface area contributed by atoms with Gasteiger partial charge >= 0.3 is 0 Å². The summed E-state index contributed by atoms with van der Waals surface area (Å²) < 4.78 is 27.6. The van der Waals surface area contributed by atoms with Gasteiger partial charge < -0.3 is 10.6 Å². The number of piperidine rings is 1. The average Bonchev–Trinajstić information content (AvgIpc) is 2.50. The first-order valence-corrected chi connectivity index (χ1v) is 9.03. The van der Waals surface area contributed by atoms with Crippen molar-refractivity contribution in [2.75, 3.05) is 18.4 Å². The number of rotatable bonds is 5. The average molecular weight is 362 g/mol. The fourth-order valence-electron chi connectivity index (χ4n) is 2.38. The molecule has 1 aromatic rings. The Morgan fingerprint density at radius 2 is 1.96 bits per heavy atom. The van der Waals surface area contributed by atoms with E-state index in [4.69, 9.17) is 0 Å². The lowest BCUT2D eigenvalue weighted by atomic mass is 9.96. The van der Waals surface area contributed by atoms with Gasteiger partial charge in [-0.2, -0.15) is 0 Å². The highest BCUT2D eigenvalue weighted by Gasteiger charge is 2.26. The van der Waals surface area contributed by atoms with Crippen molar-refractivity contribution in [1.29, 1.82) is 0 Å². The minimum atomic E-state index is -3.55. The van der Waals surface area contributed by atoms with E-state index in [1.165, 1.54) is 12.1 Å². The van der Waals surface area contributed by atoms with E-state index >= 15 is 0 Å². The number of amides is 1. The molecule has 2 rings (SSSR count). The van der Waals surface area contributed by atoms with Crippen LogP contribution in [0, 0.1) is 5.92 Å². The van der Waals surface area contributed by atoms with Crippen LogP contribution in [0.4, 0.5) is 5.69 Å². The monoisotopic (exact) mass is 361 g/mol. The maximum absolute atomic E-state index is 12.4. The number of carbonyl (C=O) groups is 1. The quantitative estimate of drug-likeness (QED) is 0.745. The van der Waals surface area contributed by atoms with Crippen molar-refractivity contribution in [3.05, 3.63) is 24.3 Å². The molecule has 1 aliphatic rings. The molecule has 1 heterocycles. The molecule has 8 heteroatoms. The number of sulfonamides is 1. The molecule has 1 aromatic carbocycles. The molecule has 0 aromatic heterocycles. The summed E-state index contributed by atoms with van der Waals surface area (Å²) in [7, 11) is -3.55. The van der Waals surface area contributed by atoms with Crippen LogP contribution >= 0.6 is 12.4 Å². The van der Waals surface area contributed by atoms with E-state index in [-0.39, 0.29) is 29.3 Å². The maximum Gasteiger partial charge on any atom is 0.240 e. The van der Waals surface area contributed by atoms with Crippen molar-refractivity contribution in [1.82, 2.24) is 10.0 Å². The molecule has 0 spiro atoms. The number of benzene rings is 1. The van der Waals surface area contributed by atoms with E-state index in [1.54, 1.807) is 19.1 Å². The standard InChI is InChI=1S/C15H23N3O3S.ClH/c1-3-15(19)17-12-4-6-13(7-5-12)22(20,21)18-14-10-16-9-8-11(14)2;/h4-7,11,14,16,18H,3,8-10H2,1-2H3,(H,17,19);1H. The highest BCUT2D eigenvalue weighted by Crippen LogP contribution is 2.17. The molecule has 1 saturated heterocycles. The molecule has 2 atom stereocenters. The van der Waals surface area contributed by atoms with Crippen LogP contribution in [-0.4, -0.2) is 33.5 Å². The summed E-state index contributed by atoms with van der Waals surface area (Å²) in [6.07, 6.45) is 1.34. The van der Waals surface area contributed by atoms with Crippen molar-refractivity contribution < 1.29 is 13.2 Å². The van der Waals surface area contributed by atoms with Crippen molar-refractivity contribution in [3.8, 4) is 0 Å². The predicted octanol–water partition coefficient (Wildman–Crippen LogP) is 1.73. The predicted molar refractivity (Wildman–Crippen MR) is 93.4 cm³/mol. The molecule has 1 aliphatic heterocycles. The van der Waals surface area contributed by atoms with E-state index in [1.807, 2.05) is 0 Å². The van der Waals surface area contributed by atoms with Gasteiger partial charge in [0.05, 0.1) is 4.90 Å². The van der Waals surface area contributed by atoms with Gasteiger partial charge in [0.2, 0.25) is 15.9 Å². The second kappa shape index (κ2) is 8.63. The largest absolute Gasteiger partial charge is 0.326 e. The Kier molecular flexibility index (Phi) is 7.47. The summed E-state index contributed by atoms with van der Waals surface area (Å²) in [6, 6.07) is 6.12. The van der Waals surface area contributed by atoms with E-state index < -0.39 is 10.0 Å². The van der Waals surface area contributed by atoms with Gasteiger partial charge in [-0.3, -0.25) is 4.79 Å². The van der Waals surface area contributed by atoms with Crippen LogP contribution in [-0.2, 0) is 14.8 Å². The van der Waals surface area contributed by atoms with E-state index in [0.29, 0.717) is 24.6 Å². The number of halogens is 1. The van der Waals surface area contributed by atoms with E-state index in [9.17, 15) is 13.2 Å². The van der Waals surface area contributed by atoms with Gasteiger partial charge in [-0.05, 0) is 43.1 Å². The molecular formula is C15H24ClN3O3S. The molecule has 23 heavy (non-hydrogen) atoms. The second-order valence-electron chi connectivity index (χ2n) is 5.62. The highest BCUT2D eigenvalue weighted by atomic mass is 35.5. The fraction of sp³-hybridized carbons (Fsp3) is 0.533. The normalized spacial score (nSPS) is 21.3. The van der Waals surface area contributed by atoms with Crippen LogP contribution in [0.5, 0.6) is 0 Å². The first-order chi connectivity index (χ1) is 10.4. The van der Waals surface area contributed by atoms with Gasteiger partial charge in [-0.25, -0.2) is 13.1 Å². The summed E-state index contributed by atoms with van der Waals surface area (Å²) in [5.41, 5.74) is 0.596. The SMILES string of the molecule is CCC(=O)Nc1ccc(S(=O)(=O)NC2CNCCC2C)cc1.Cl. The van der Waals surface area contributed by atoms with Gasteiger partial charge in [-0.1, -0.05) is 13.8 Å². The number of hydrogen-bond donors (Lipinski definition) is 3.